The summed E-state index contributed by atoms with van der Waals surface area (Å²) in [6.07, 6.45) is 1.87. The molecule has 0 aliphatic carbocycles. The molecule has 0 unspecified atom stereocenters. The maximum atomic E-state index is 11.9. The molecule has 0 saturated carbocycles. The Hall–Kier alpha value is -2.01. The molecule has 0 spiro atoms. The molecule has 0 heterocycles. The molecule has 0 amide bonds. The topological polar surface area (TPSA) is 47.6 Å². The van der Waals surface area contributed by atoms with Gasteiger partial charge in [-0.3, -0.25) is 0 Å². The molecule has 0 aliphatic heterocycles. The van der Waals surface area contributed by atoms with Crippen LogP contribution in [0.2, 0.25) is 0 Å². The molecule has 0 radical (unpaired) electrons. The smallest absolute Gasteiger partial charge is 0.340 e. The van der Waals surface area contributed by atoms with Crippen LogP contribution in [-0.4, -0.2) is 26.2 Å². The molecule has 0 bridgehead atoms. The summed E-state index contributed by atoms with van der Waals surface area (Å²) < 4.78 is 11.4. The van der Waals surface area contributed by atoms with E-state index in [1.54, 1.807) is 0 Å². The molecule has 128 valence electrons. The number of methoxy groups -OCH3 is 1. The van der Waals surface area contributed by atoms with Gasteiger partial charge in [0.15, 0.2) is 0 Å². The van der Waals surface area contributed by atoms with Gasteiger partial charge in [0.05, 0.1) is 25.0 Å². The van der Waals surface area contributed by atoms with Crippen LogP contribution in [0.1, 0.15) is 28.8 Å². The van der Waals surface area contributed by atoms with E-state index in [1.165, 1.54) is 7.11 Å². The van der Waals surface area contributed by atoms with E-state index in [1.807, 2.05) is 49.4 Å². The number of aryl methyl sites for hydroxylation is 1. The number of hydrogen-bond acceptors (Lipinski definition) is 4. The third-order valence-electron chi connectivity index (χ3n) is 3.52. The highest BCUT2D eigenvalue weighted by molar-refractivity contribution is 9.10. The predicted octanol–water partition coefficient (Wildman–Crippen LogP) is 4.82. The van der Waals surface area contributed by atoms with Gasteiger partial charge in [-0.1, -0.05) is 18.2 Å². The van der Waals surface area contributed by atoms with E-state index < -0.39 is 0 Å². The number of benzene rings is 2. The summed E-state index contributed by atoms with van der Waals surface area (Å²) in [5.41, 5.74) is 2.32. The first-order valence-electron chi connectivity index (χ1n) is 7.92. The fourth-order valence-corrected chi connectivity index (χ4v) is 3.05. The molecule has 5 heteroatoms. The van der Waals surface area contributed by atoms with Gasteiger partial charge in [0.1, 0.15) is 5.75 Å². The van der Waals surface area contributed by atoms with E-state index in [4.69, 9.17) is 9.47 Å². The zero-order chi connectivity index (χ0) is 17.4. The monoisotopic (exact) mass is 391 g/mol. The molecule has 0 aliphatic rings. The number of ether oxygens (including phenoxy) is 2. The third kappa shape index (κ3) is 5.27. The second-order valence-electron chi connectivity index (χ2n) is 5.46. The van der Waals surface area contributed by atoms with Crippen molar-refractivity contribution in [3.8, 4) is 5.75 Å². The van der Waals surface area contributed by atoms with Gasteiger partial charge in [-0.2, -0.15) is 0 Å². The standard InChI is InChI=1S/C19H22BrNO3/c1-14-12-16(19(22)23-2)18(17(20)13-14)21-10-6-7-11-24-15-8-4-3-5-9-15/h3-5,8-9,12-13,21H,6-7,10-11H2,1-2H3. The van der Waals surface area contributed by atoms with Crippen molar-refractivity contribution in [2.75, 3.05) is 25.6 Å². The van der Waals surface area contributed by atoms with Gasteiger partial charge in [-0.05, 0) is 65.5 Å². The summed E-state index contributed by atoms with van der Waals surface area (Å²) in [6.45, 7) is 3.37. The Morgan fingerprint density at radius 3 is 2.62 bits per heavy atom. The van der Waals surface area contributed by atoms with Crippen molar-refractivity contribution >= 4 is 27.6 Å². The highest BCUT2D eigenvalue weighted by Gasteiger charge is 2.15. The van der Waals surface area contributed by atoms with Crippen molar-refractivity contribution in [2.45, 2.75) is 19.8 Å². The highest BCUT2D eigenvalue weighted by atomic mass is 79.9. The molecule has 2 aromatic rings. The molecule has 2 aromatic carbocycles. The summed E-state index contributed by atoms with van der Waals surface area (Å²) >= 11 is 3.51. The fourth-order valence-electron chi connectivity index (χ4n) is 2.34. The number of nitrogens with one attached hydrogen (secondary N) is 1. The van der Waals surface area contributed by atoms with Crippen LogP contribution in [0.25, 0.3) is 0 Å². The Labute approximate surface area is 151 Å². The van der Waals surface area contributed by atoms with Crippen LogP contribution in [0, 0.1) is 6.92 Å². The first-order valence-corrected chi connectivity index (χ1v) is 8.71. The van der Waals surface area contributed by atoms with E-state index in [-0.39, 0.29) is 5.97 Å². The quantitative estimate of drug-likeness (QED) is 0.517. The number of esters is 1. The Kier molecular flexibility index (Phi) is 7.12. The van der Waals surface area contributed by atoms with Crippen LogP contribution in [-0.2, 0) is 4.74 Å². The molecular weight excluding hydrogens is 370 g/mol. The summed E-state index contributed by atoms with van der Waals surface area (Å²) in [5.74, 6) is 0.550. The SMILES string of the molecule is COC(=O)c1cc(C)cc(Br)c1NCCCCOc1ccccc1. The zero-order valence-corrected chi connectivity index (χ0v) is 15.6. The van der Waals surface area contributed by atoms with E-state index >= 15 is 0 Å². The molecule has 2 rings (SSSR count). The lowest BCUT2D eigenvalue weighted by Gasteiger charge is -2.14. The summed E-state index contributed by atoms with van der Waals surface area (Å²) in [5, 5.41) is 3.32. The van der Waals surface area contributed by atoms with Crippen LogP contribution < -0.4 is 10.1 Å². The molecule has 0 aromatic heterocycles. The Bertz CT molecular complexity index is 674. The number of carbonyl (C=O) groups excluding carboxylic acids is 1. The third-order valence-corrected chi connectivity index (χ3v) is 4.15. The van der Waals surface area contributed by atoms with E-state index in [9.17, 15) is 4.79 Å². The van der Waals surface area contributed by atoms with Gasteiger partial charge >= 0.3 is 5.97 Å². The number of carbonyl (C=O) groups is 1. The van der Waals surface area contributed by atoms with Crippen molar-refractivity contribution in [1.82, 2.24) is 0 Å². The van der Waals surface area contributed by atoms with Crippen LogP contribution in [0.5, 0.6) is 5.75 Å². The molecule has 4 nitrogen and oxygen atoms in total. The predicted molar refractivity (Wildman–Crippen MR) is 99.9 cm³/mol. The van der Waals surface area contributed by atoms with Gasteiger partial charge in [0.2, 0.25) is 0 Å². The maximum absolute atomic E-state index is 11.9. The van der Waals surface area contributed by atoms with Gasteiger partial charge in [0, 0.05) is 11.0 Å². The lowest BCUT2D eigenvalue weighted by Crippen LogP contribution is -2.11. The largest absolute Gasteiger partial charge is 0.494 e. The Morgan fingerprint density at radius 2 is 1.92 bits per heavy atom. The van der Waals surface area contributed by atoms with Gasteiger partial charge < -0.3 is 14.8 Å². The van der Waals surface area contributed by atoms with Crippen molar-refractivity contribution in [3.63, 3.8) is 0 Å². The molecule has 1 N–H and O–H groups in total. The Balaban J connectivity index is 1.82. The average Bonchev–Trinajstić information content (AvgIpc) is 2.59. The first-order chi connectivity index (χ1) is 11.6. The van der Waals surface area contributed by atoms with Crippen molar-refractivity contribution in [2.24, 2.45) is 0 Å². The second kappa shape index (κ2) is 9.33. The van der Waals surface area contributed by atoms with Crippen LogP contribution in [0.4, 0.5) is 5.69 Å². The molecular formula is C19H22BrNO3. The number of halogens is 1. The number of para-hydroxylation sites is 1. The van der Waals surface area contributed by atoms with E-state index in [2.05, 4.69) is 21.2 Å². The van der Waals surface area contributed by atoms with Crippen LogP contribution in [0.15, 0.2) is 46.9 Å². The minimum Gasteiger partial charge on any atom is -0.494 e. The van der Waals surface area contributed by atoms with E-state index in [0.717, 1.165) is 40.9 Å². The van der Waals surface area contributed by atoms with Crippen molar-refractivity contribution in [1.29, 1.82) is 0 Å². The van der Waals surface area contributed by atoms with Gasteiger partial charge in [-0.25, -0.2) is 4.79 Å². The highest BCUT2D eigenvalue weighted by Crippen LogP contribution is 2.29. The summed E-state index contributed by atoms with van der Waals surface area (Å²) in [7, 11) is 1.39. The summed E-state index contributed by atoms with van der Waals surface area (Å²) in [6, 6.07) is 13.6. The van der Waals surface area contributed by atoms with Crippen LogP contribution >= 0.6 is 15.9 Å². The number of anilines is 1. The summed E-state index contributed by atoms with van der Waals surface area (Å²) in [4.78, 5) is 11.9. The minimum atomic E-state index is -0.339. The van der Waals surface area contributed by atoms with Crippen LogP contribution in [0.3, 0.4) is 0 Å². The normalized spacial score (nSPS) is 10.3. The minimum absolute atomic E-state index is 0.339. The molecule has 0 atom stereocenters. The number of hydrogen-bond donors (Lipinski definition) is 1. The van der Waals surface area contributed by atoms with Gasteiger partial charge in [-0.15, -0.1) is 0 Å². The molecule has 0 saturated heterocycles. The molecule has 24 heavy (non-hydrogen) atoms. The lowest BCUT2D eigenvalue weighted by molar-refractivity contribution is 0.0601. The van der Waals surface area contributed by atoms with E-state index in [0.29, 0.717) is 12.2 Å². The second-order valence-corrected chi connectivity index (χ2v) is 6.31. The zero-order valence-electron chi connectivity index (χ0n) is 14.0. The number of rotatable bonds is 8. The maximum Gasteiger partial charge on any atom is 0.340 e. The first kappa shape index (κ1) is 18.3. The lowest BCUT2D eigenvalue weighted by atomic mass is 10.1. The van der Waals surface area contributed by atoms with Crippen molar-refractivity contribution in [3.05, 3.63) is 58.1 Å². The number of unbranched alkanes of at least 4 members (excludes halogenated alkanes) is 1. The molecule has 0 fully saturated rings. The van der Waals surface area contributed by atoms with Crippen molar-refractivity contribution < 1.29 is 14.3 Å². The fraction of sp³-hybridized carbons (Fsp3) is 0.316. The van der Waals surface area contributed by atoms with Gasteiger partial charge in [0.25, 0.3) is 0 Å². The Morgan fingerprint density at radius 1 is 1.17 bits per heavy atom. The average molecular weight is 392 g/mol.